The molecule has 4 N–H and O–H groups in total. The first-order valence-corrected chi connectivity index (χ1v) is 11.6. The van der Waals surface area contributed by atoms with Gasteiger partial charge in [0.1, 0.15) is 5.75 Å². The van der Waals surface area contributed by atoms with Crippen LogP contribution in [0.15, 0.2) is 61.2 Å². The zero-order chi connectivity index (χ0) is 21.4. The maximum absolute atomic E-state index is 10.2. The van der Waals surface area contributed by atoms with Gasteiger partial charge in [0.05, 0.1) is 0 Å². The molecule has 1 aliphatic carbocycles. The Morgan fingerprint density at radius 3 is 2.47 bits per heavy atom. The fourth-order valence-electron chi connectivity index (χ4n) is 4.85. The van der Waals surface area contributed by atoms with Crippen molar-refractivity contribution in [3.05, 3.63) is 72.3 Å². The molecule has 0 heterocycles. The van der Waals surface area contributed by atoms with Crippen LogP contribution in [0.4, 0.5) is 0 Å². The summed E-state index contributed by atoms with van der Waals surface area (Å²) in [6.45, 7) is 7.21. The zero-order valence-electron chi connectivity index (χ0n) is 18.4. The van der Waals surface area contributed by atoms with E-state index in [1.54, 1.807) is 6.07 Å². The van der Waals surface area contributed by atoms with Gasteiger partial charge in [0.2, 0.25) is 0 Å². The first-order chi connectivity index (χ1) is 14.5. The average Bonchev–Trinajstić information content (AvgIpc) is 2.79. The van der Waals surface area contributed by atoms with Crippen molar-refractivity contribution in [1.82, 2.24) is 5.32 Å². The van der Waals surface area contributed by atoms with Crippen molar-refractivity contribution >= 4 is 5.70 Å². The summed E-state index contributed by atoms with van der Waals surface area (Å²) in [5, 5.41) is 13.7. The van der Waals surface area contributed by atoms with E-state index < -0.39 is 0 Å². The lowest BCUT2D eigenvalue weighted by atomic mass is 9.65. The molecule has 2 aromatic carbocycles. The van der Waals surface area contributed by atoms with Crippen LogP contribution in [0.1, 0.15) is 69.4 Å². The van der Waals surface area contributed by atoms with Gasteiger partial charge in [0.15, 0.2) is 0 Å². The van der Waals surface area contributed by atoms with E-state index in [-0.39, 0.29) is 11.2 Å². The number of benzene rings is 2. The molecule has 30 heavy (non-hydrogen) atoms. The van der Waals surface area contributed by atoms with E-state index in [1.165, 1.54) is 44.1 Å². The van der Waals surface area contributed by atoms with E-state index in [0.29, 0.717) is 6.04 Å². The topological polar surface area (TPSA) is 58.3 Å². The Morgan fingerprint density at radius 1 is 1.13 bits per heavy atom. The highest BCUT2D eigenvalue weighted by molar-refractivity contribution is 5.67. The second-order valence-electron chi connectivity index (χ2n) is 9.04. The molecule has 3 nitrogen and oxygen atoms in total. The average molecular weight is 407 g/mol. The molecule has 0 aromatic heterocycles. The van der Waals surface area contributed by atoms with Crippen molar-refractivity contribution in [1.29, 1.82) is 0 Å². The molecule has 1 atom stereocenters. The Kier molecular flexibility index (Phi) is 7.98. The van der Waals surface area contributed by atoms with Crippen LogP contribution in [0.3, 0.4) is 0 Å². The molecular formula is C27H38N2O. The molecule has 1 aliphatic rings. The number of hydrogen-bond acceptors (Lipinski definition) is 3. The van der Waals surface area contributed by atoms with E-state index in [4.69, 9.17) is 5.73 Å². The maximum atomic E-state index is 10.2. The highest BCUT2D eigenvalue weighted by Crippen LogP contribution is 2.43. The van der Waals surface area contributed by atoms with Crippen molar-refractivity contribution in [2.45, 2.75) is 69.7 Å². The highest BCUT2D eigenvalue weighted by Gasteiger charge is 2.36. The quantitative estimate of drug-likeness (QED) is 0.454. The molecule has 0 spiro atoms. The molecule has 3 heteroatoms. The molecule has 2 aromatic rings. The van der Waals surface area contributed by atoms with Gasteiger partial charge in [-0.1, -0.05) is 68.8 Å². The minimum atomic E-state index is 0.116. The molecule has 3 rings (SSSR count). The normalized spacial score (nSPS) is 22.4. The Bertz CT molecular complexity index is 794. The van der Waals surface area contributed by atoms with Crippen molar-refractivity contribution in [3.63, 3.8) is 0 Å². The third kappa shape index (κ3) is 5.66. The predicted molar refractivity (Wildman–Crippen MR) is 127 cm³/mol. The SMILES string of the molecule is C=C(NCC1(c2ccccc2)CCC(CCCC(N)CC)CC1)c1ccccc1O. The second-order valence-corrected chi connectivity index (χ2v) is 9.04. The number of para-hydroxylation sites is 1. The summed E-state index contributed by atoms with van der Waals surface area (Å²) in [5.41, 5.74) is 9.20. The van der Waals surface area contributed by atoms with E-state index in [2.05, 4.69) is 49.2 Å². The Morgan fingerprint density at radius 2 is 1.80 bits per heavy atom. The Hall–Kier alpha value is -2.26. The number of rotatable bonds is 10. The van der Waals surface area contributed by atoms with Crippen molar-refractivity contribution in [2.24, 2.45) is 11.7 Å². The summed E-state index contributed by atoms with van der Waals surface area (Å²) < 4.78 is 0. The van der Waals surface area contributed by atoms with Gasteiger partial charge in [-0.15, -0.1) is 0 Å². The summed E-state index contributed by atoms with van der Waals surface area (Å²) in [6.07, 6.45) is 9.68. The Labute approximate surface area is 182 Å². The minimum Gasteiger partial charge on any atom is -0.507 e. The van der Waals surface area contributed by atoms with E-state index in [0.717, 1.165) is 36.6 Å². The van der Waals surface area contributed by atoms with Gasteiger partial charge in [-0.05, 0) is 62.1 Å². The third-order valence-corrected chi connectivity index (χ3v) is 7.03. The van der Waals surface area contributed by atoms with E-state index >= 15 is 0 Å². The standard InChI is InChI=1S/C27H38N2O/c1-3-24(28)13-9-10-22-16-18-27(19-17-22,23-11-5-4-6-12-23)20-29-21(2)25-14-7-8-15-26(25)30/h4-8,11-12,14-15,22,24,29-30H,2-3,9-10,13,16-20,28H2,1H3. The summed E-state index contributed by atoms with van der Waals surface area (Å²) in [6, 6.07) is 18.7. The van der Waals surface area contributed by atoms with Crippen molar-refractivity contribution in [3.8, 4) is 5.75 Å². The highest BCUT2D eigenvalue weighted by atomic mass is 16.3. The fourth-order valence-corrected chi connectivity index (χ4v) is 4.85. The molecule has 1 unspecified atom stereocenters. The molecule has 0 saturated heterocycles. The van der Waals surface area contributed by atoms with Crippen LogP contribution >= 0.6 is 0 Å². The molecule has 1 fully saturated rings. The minimum absolute atomic E-state index is 0.116. The van der Waals surface area contributed by atoms with Crippen LogP contribution in [0.5, 0.6) is 5.75 Å². The lowest BCUT2D eigenvalue weighted by molar-refractivity contribution is 0.217. The number of phenols is 1. The fraction of sp³-hybridized carbons (Fsp3) is 0.481. The zero-order valence-corrected chi connectivity index (χ0v) is 18.4. The van der Waals surface area contributed by atoms with Crippen LogP contribution in [-0.2, 0) is 5.41 Å². The predicted octanol–water partition coefficient (Wildman–Crippen LogP) is 5.99. The molecule has 1 saturated carbocycles. The van der Waals surface area contributed by atoms with Crippen molar-refractivity contribution < 1.29 is 5.11 Å². The summed E-state index contributed by atoms with van der Waals surface area (Å²) in [5.74, 6) is 1.09. The molecule has 0 radical (unpaired) electrons. The summed E-state index contributed by atoms with van der Waals surface area (Å²) in [4.78, 5) is 0. The van der Waals surface area contributed by atoms with Gasteiger partial charge in [-0.25, -0.2) is 0 Å². The van der Waals surface area contributed by atoms with Gasteiger partial charge in [-0.3, -0.25) is 0 Å². The molecule has 0 bridgehead atoms. The number of phenolic OH excluding ortho intramolecular Hbond substituents is 1. The molecular weight excluding hydrogens is 368 g/mol. The first-order valence-electron chi connectivity index (χ1n) is 11.6. The molecule has 0 amide bonds. The van der Waals surface area contributed by atoms with Crippen LogP contribution in [0, 0.1) is 5.92 Å². The number of nitrogens with two attached hydrogens (primary N) is 1. The maximum Gasteiger partial charge on any atom is 0.124 e. The lowest BCUT2D eigenvalue weighted by Gasteiger charge is -2.41. The third-order valence-electron chi connectivity index (χ3n) is 7.03. The summed E-state index contributed by atoms with van der Waals surface area (Å²) >= 11 is 0. The van der Waals surface area contributed by atoms with Gasteiger partial charge in [0.25, 0.3) is 0 Å². The van der Waals surface area contributed by atoms with Gasteiger partial charge >= 0.3 is 0 Å². The lowest BCUT2D eigenvalue weighted by Crippen LogP contribution is -2.40. The van der Waals surface area contributed by atoms with E-state index in [1.807, 2.05) is 18.2 Å². The van der Waals surface area contributed by atoms with Crippen LogP contribution in [0.25, 0.3) is 5.70 Å². The number of hydrogen-bond donors (Lipinski definition) is 3. The molecule has 162 valence electrons. The van der Waals surface area contributed by atoms with Crippen LogP contribution in [-0.4, -0.2) is 17.7 Å². The smallest absolute Gasteiger partial charge is 0.124 e. The van der Waals surface area contributed by atoms with Gasteiger partial charge in [-0.2, -0.15) is 0 Å². The second kappa shape index (κ2) is 10.7. The number of nitrogens with one attached hydrogen (secondary N) is 1. The molecule has 0 aliphatic heterocycles. The Balaban J connectivity index is 1.64. The first kappa shape index (κ1) is 22.4. The summed E-state index contributed by atoms with van der Waals surface area (Å²) in [7, 11) is 0. The van der Waals surface area contributed by atoms with Crippen LogP contribution < -0.4 is 11.1 Å². The number of aromatic hydroxyl groups is 1. The van der Waals surface area contributed by atoms with E-state index in [9.17, 15) is 5.11 Å². The largest absolute Gasteiger partial charge is 0.507 e. The van der Waals surface area contributed by atoms with Crippen LogP contribution in [0.2, 0.25) is 0 Å². The van der Waals surface area contributed by atoms with Gasteiger partial charge < -0.3 is 16.2 Å². The van der Waals surface area contributed by atoms with Gasteiger partial charge in [0, 0.05) is 29.3 Å². The van der Waals surface area contributed by atoms with Crippen molar-refractivity contribution in [2.75, 3.05) is 6.54 Å². The monoisotopic (exact) mass is 406 g/mol.